The number of nitrogens with two attached hydrogens (primary N) is 1. The third kappa shape index (κ3) is 2.26. The zero-order chi connectivity index (χ0) is 8.10. The van der Waals surface area contributed by atoms with Gasteiger partial charge < -0.3 is 5.73 Å². The van der Waals surface area contributed by atoms with Crippen molar-refractivity contribution in [3.05, 3.63) is 23.9 Å². The quantitative estimate of drug-likeness (QED) is 0.681. The molecule has 0 fully saturated rings. The van der Waals surface area contributed by atoms with Crippen molar-refractivity contribution in [2.24, 2.45) is 0 Å². The third-order valence-corrected chi connectivity index (χ3v) is 1.32. The van der Waals surface area contributed by atoms with E-state index in [1.54, 1.807) is 6.07 Å². The minimum Gasteiger partial charge on any atom is -0.384 e. The Kier molecular flexibility index (Phi) is 2.45. The normalized spacial score (nSPS) is 9.00. The van der Waals surface area contributed by atoms with Crippen LogP contribution in [0.25, 0.3) is 0 Å². The molecule has 3 heteroatoms. The number of nitrogens with zero attached hydrogens (tertiary/aromatic N) is 2. The summed E-state index contributed by atoms with van der Waals surface area (Å²) in [5.74, 6) is 0.514. The first kappa shape index (κ1) is 7.55. The van der Waals surface area contributed by atoms with Crippen molar-refractivity contribution in [3.63, 3.8) is 0 Å². The Bertz CT molecular complexity index is 275. The number of aromatic nitrogens is 1. The first-order chi connectivity index (χ1) is 5.33. The number of anilines is 1. The fourth-order valence-electron chi connectivity index (χ4n) is 0.821. The zero-order valence-corrected chi connectivity index (χ0v) is 6.12. The first-order valence-electron chi connectivity index (χ1n) is 3.41. The summed E-state index contributed by atoms with van der Waals surface area (Å²) in [5, 5.41) is 8.29. The van der Waals surface area contributed by atoms with Gasteiger partial charge in [-0.25, -0.2) is 4.98 Å². The van der Waals surface area contributed by atoms with E-state index in [-0.39, 0.29) is 0 Å². The van der Waals surface area contributed by atoms with Crippen LogP contribution in [0.2, 0.25) is 0 Å². The van der Waals surface area contributed by atoms with Crippen LogP contribution >= 0.6 is 0 Å². The molecule has 3 nitrogen and oxygen atoms in total. The van der Waals surface area contributed by atoms with E-state index in [1.165, 1.54) is 0 Å². The van der Waals surface area contributed by atoms with Crippen LogP contribution in [-0.2, 0) is 6.42 Å². The molecule has 1 rings (SSSR count). The van der Waals surface area contributed by atoms with Crippen LogP contribution < -0.4 is 5.73 Å². The number of pyridine rings is 1. The van der Waals surface area contributed by atoms with E-state index in [4.69, 9.17) is 11.0 Å². The van der Waals surface area contributed by atoms with E-state index in [0.717, 1.165) is 5.69 Å². The molecule has 2 N–H and O–H groups in total. The summed E-state index contributed by atoms with van der Waals surface area (Å²) >= 11 is 0. The molecule has 0 aliphatic heterocycles. The Morgan fingerprint density at radius 3 is 3.00 bits per heavy atom. The molecule has 56 valence electrons. The first-order valence-corrected chi connectivity index (χ1v) is 3.41. The lowest BCUT2D eigenvalue weighted by Gasteiger charge is -1.96. The molecule has 0 saturated carbocycles. The van der Waals surface area contributed by atoms with Crippen LogP contribution in [0, 0.1) is 11.3 Å². The highest BCUT2D eigenvalue weighted by Gasteiger charge is 1.92. The minimum atomic E-state index is 0.496. The fraction of sp³-hybridized carbons (Fsp3) is 0.250. The van der Waals surface area contributed by atoms with Gasteiger partial charge in [-0.3, -0.25) is 0 Å². The van der Waals surface area contributed by atoms with Crippen LogP contribution in [0.3, 0.4) is 0 Å². The number of nitriles is 1. The zero-order valence-electron chi connectivity index (χ0n) is 6.12. The topological polar surface area (TPSA) is 62.7 Å². The van der Waals surface area contributed by atoms with Crippen LogP contribution in [0.15, 0.2) is 18.2 Å². The van der Waals surface area contributed by atoms with Crippen molar-refractivity contribution >= 4 is 5.82 Å². The van der Waals surface area contributed by atoms with Crippen LogP contribution in [-0.4, -0.2) is 4.98 Å². The van der Waals surface area contributed by atoms with Gasteiger partial charge in [0.15, 0.2) is 0 Å². The monoisotopic (exact) mass is 147 g/mol. The lowest BCUT2D eigenvalue weighted by atomic mass is 10.2. The van der Waals surface area contributed by atoms with E-state index < -0.39 is 0 Å². The van der Waals surface area contributed by atoms with Gasteiger partial charge in [0.1, 0.15) is 5.82 Å². The van der Waals surface area contributed by atoms with Crippen molar-refractivity contribution in [1.82, 2.24) is 4.98 Å². The van der Waals surface area contributed by atoms with Crippen molar-refractivity contribution in [2.45, 2.75) is 12.8 Å². The second-order valence-electron chi connectivity index (χ2n) is 2.21. The SMILES string of the molecule is N#CCCc1cccc(N)n1. The highest BCUT2D eigenvalue weighted by Crippen LogP contribution is 2.02. The summed E-state index contributed by atoms with van der Waals surface area (Å²) in [5.41, 5.74) is 6.32. The molecule has 0 atom stereocenters. The summed E-state index contributed by atoms with van der Waals surface area (Å²) in [6, 6.07) is 7.50. The van der Waals surface area contributed by atoms with Gasteiger partial charge in [-0.2, -0.15) is 5.26 Å². The Morgan fingerprint density at radius 2 is 2.36 bits per heavy atom. The molecule has 0 bridgehead atoms. The predicted octanol–water partition coefficient (Wildman–Crippen LogP) is 1.12. The second-order valence-corrected chi connectivity index (χ2v) is 2.21. The smallest absolute Gasteiger partial charge is 0.123 e. The van der Waals surface area contributed by atoms with Crippen LogP contribution in [0.5, 0.6) is 0 Å². The number of rotatable bonds is 2. The Balaban J connectivity index is 2.65. The van der Waals surface area contributed by atoms with Crippen molar-refractivity contribution in [1.29, 1.82) is 5.26 Å². The van der Waals surface area contributed by atoms with Gasteiger partial charge in [0.25, 0.3) is 0 Å². The number of hydrogen-bond donors (Lipinski definition) is 1. The Hall–Kier alpha value is -1.56. The van der Waals surface area contributed by atoms with E-state index in [2.05, 4.69) is 11.1 Å². The van der Waals surface area contributed by atoms with Crippen molar-refractivity contribution in [3.8, 4) is 6.07 Å². The summed E-state index contributed by atoms with van der Waals surface area (Å²) in [4.78, 5) is 4.04. The molecule has 0 amide bonds. The highest BCUT2D eigenvalue weighted by molar-refractivity contribution is 5.28. The lowest BCUT2D eigenvalue weighted by molar-refractivity contribution is 0.955. The van der Waals surface area contributed by atoms with Crippen molar-refractivity contribution in [2.75, 3.05) is 5.73 Å². The Labute approximate surface area is 65.5 Å². The molecule has 0 radical (unpaired) electrons. The summed E-state index contributed by atoms with van der Waals surface area (Å²) in [6.07, 6.45) is 1.18. The van der Waals surface area contributed by atoms with Crippen LogP contribution in [0.1, 0.15) is 12.1 Å². The number of nitrogen functional groups attached to an aromatic ring is 1. The minimum absolute atomic E-state index is 0.496. The molecule has 0 unspecified atom stereocenters. The largest absolute Gasteiger partial charge is 0.384 e. The van der Waals surface area contributed by atoms with Gasteiger partial charge >= 0.3 is 0 Å². The fourth-order valence-corrected chi connectivity index (χ4v) is 0.821. The van der Waals surface area contributed by atoms with Crippen molar-refractivity contribution < 1.29 is 0 Å². The average Bonchev–Trinajstić information content (AvgIpc) is 2.01. The van der Waals surface area contributed by atoms with Gasteiger partial charge in [-0.15, -0.1) is 0 Å². The molecule has 1 aromatic heterocycles. The van der Waals surface area contributed by atoms with E-state index in [9.17, 15) is 0 Å². The van der Waals surface area contributed by atoms with Crippen LogP contribution in [0.4, 0.5) is 5.82 Å². The summed E-state index contributed by atoms with van der Waals surface area (Å²) in [6.45, 7) is 0. The van der Waals surface area contributed by atoms with Gasteiger partial charge in [-0.05, 0) is 12.1 Å². The molecule has 0 aliphatic rings. The highest BCUT2D eigenvalue weighted by atomic mass is 14.8. The average molecular weight is 147 g/mol. The van der Waals surface area contributed by atoms with Gasteiger partial charge in [0, 0.05) is 18.5 Å². The molecular weight excluding hydrogens is 138 g/mol. The molecule has 0 saturated heterocycles. The maximum Gasteiger partial charge on any atom is 0.123 e. The predicted molar refractivity (Wildman–Crippen MR) is 42.6 cm³/mol. The van der Waals surface area contributed by atoms with E-state index in [0.29, 0.717) is 18.7 Å². The molecule has 0 spiro atoms. The molecule has 1 aromatic rings. The molecule has 11 heavy (non-hydrogen) atoms. The van der Waals surface area contributed by atoms with E-state index in [1.807, 2.05) is 12.1 Å². The third-order valence-electron chi connectivity index (χ3n) is 1.32. The lowest BCUT2D eigenvalue weighted by Crippen LogP contribution is -1.94. The molecule has 0 aliphatic carbocycles. The van der Waals surface area contributed by atoms with Gasteiger partial charge in [0.05, 0.1) is 6.07 Å². The standard InChI is InChI=1S/C8H9N3/c9-6-2-4-7-3-1-5-8(10)11-7/h1,3,5H,2,4H2,(H2,10,11). The summed E-state index contributed by atoms with van der Waals surface area (Å²) < 4.78 is 0. The van der Waals surface area contributed by atoms with E-state index >= 15 is 0 Å². The Morgan fingerprint density at radius 1 is 1.55 bits per heavy atom. The molecule has 1 heterocycles. The molecule has 0 aromatic carbocycles. The maximum atomic E-state index is 8.29. The number of aryl methyl sites for hydroxylation is 1. The summed E-state index contributed by atoms with van der Waals surface area (Å²) in [7, 11) is 0. The molecular formula is C8H9N3. The number of hydrogen-bond acceptors (Lipinski definition) is 3. The van der Waals surface area contributed by atoms with Gasteiger partial charge in [-0.1, -0.05) is 6.07 Å². The van der Waals surface area contributed by atoms with Gasteiger partial charge in [0.2, 0.25) is 0 Å². The second kappa shape index (κ2) is 3.57. The maximum absolute atomic E-state index is 8.29.